The van der Waals surface area contributed by atoms with E-state index < -0.39 is 0 Å². The van der Waals surface area contributed by atoms with E-state index >= 15 is 0 Å². The molecule has 1 rings (SSSR count). The van der Waals surface area contributed by atoms with Crippen molar-refractivity contribution < 1.29 is 0 Å². The van der Waals surface area contributed by atoms with Crippen LogP contribution in [0.5, 0.6) is 0 Å². The van der Waals surface area contributed by atoms with Crippen molar-refractivity contribution in [1.82, 2.24) is 4.98 Å². The van der Waals surface area contributed by atoms with Crippen molar-refractivity contribution in [3.8, 4) is 11.8 Å². The van der Waals surface area contributed by atoms with Crippen molar-refractivity contribution in [2.75, 3.05) is 0 Å². The maximum Gasteiger partial charge on any atom is 0.0712 e. The molecule has 1 aromatic rings. The number of halogens is 1. The molecule has 0 aliphatic rings. The van der Waals surface area contributed by atoms with E-state index in [1.54, 1.807) is 6.20 Å². The van der Waals surface area contributed by atoms with Gasteiger partial charge in [-0.25, -0.2) is 0 Å². The Kier molecular flexibility index (Phi) is 4.64. The normalized spacial score (nSPS) is 11.6. The number of pyridine rings is 1. The third-order valence-electron chi connectivity index (χ3n) is 1.90. The Morgan fingerprint density at radius 3 is 3.07 bits per heavy atom. The monoisotopic (exact) mass is 252 g/mol. The number of aromatic nitrogens is 1. The van der Waals surface area contributed by atoms with E-state index in [-0.39, 0.29) is 6.04 Å². The summed E-state index contributed by atoms with van der Waals surface area (Å²) in [6.07, 6.45) is 3.42. The first-order valence-electron chi connectivity index (χ1n) is 4.51. The molecule has 0 aliphatic carbocycles. The molecule has 3 heteroatoms. The molecular weight excluding hydrogens is 240 g/mol. The highest BCUT2D eigenvalue weighted by Gasteiger charge is 2.09. The van der Waals surface area contributed by atoms with Gasteiger partial charge in [0.2, 0.25) is 0 Å². The van der Waals surface area contributed by atoms with Crippen LogP contribution in [0.25, 0.3) is 0 Å². The summed E-state index contributed by atoms with van der Waals surface area (Å²) in [6, 6.07) is 3.80. The third kappa shape index (κ3) is 3.13. The van der Waals surface area contributed by atoms with Gasteiger partial charge in [-0.3, -0.25) is 4.98 Å². The second-order valence-electron chi connectivity index (χ2n) is 2.94. The van der Waals surface area contributed by atoms with Gasteiger partial charge >= 0.3 is 0 Å². The van der Waals surface area contributed by atoms with Gasteiger partial charge in [0.25, 0.3) is 0 Å². The summed E-state index contributed by atoms with van der Waals surface area (Å²) in [4.78, 5) is 4.24. The first-order chi connectivity index (χ1) is 6.75. The lowest BCUT2D eigenvalue weighted by atomic mass is 10.1. The van der Waals surface area contributed by atoms with Gasteiger partial charge in [0.05, 0.1) is 5.69 Å². The molecule has 2 N–H and O–H groups in total. The molecule has 0 aromatic carbocycles. The van der Waals surface area contributed by atoms with Gasteiger partial charge < -0.3 is 5.73 Å². The SMILES string of the molecule is CC#CCCC(N)c1ncccc1Br. The minimum Gasteiger partial charge on any atom is -0.323 e. The van der Waals surface area contributed by atoms with Gasteiger partial charge in [-0.15, -0.1) is 11.8 Å². The van der Waals surface area contributed by atoms with E-state index in [9.17, 15) is 0 Å². The molecule has 0 bridgehead atoms. The molecule has 0 saturated carbocycles. The van der Waals surface area contributed by atoms with Gasteiger partial charge in [0.1, 0.15) is 0 Å². The van der Waals surface area contributed by atoms with Crippen molar-refractivity contribution in [2.45, 2.75) is 25.8 Å². The molecule has 1 atom stereocenters. The molecular formula is C11H13BrN2. The van der Waals surface area contributed by atoms with E-state index in [1.165, 1.54) is 0 Å². The fourth-order valence-electron chi connectivity index (χ4n) is 1.16. The summed E-state index contributed by atoms with van der Waals surface area (Å²) in [5.74, 6) is 5.85. The average molecular weight is 253 g/mol. The third-order valence-corrected chi connectivity index (χ3v) is 2.57. The number of hydrogen-bond acceptors (Lipinski definition) is 2. The predicted octanol–water partition coefficient (Wildman–Crippen LogP) is 2.65. The molecule has 1 heterocycles. The Morgan fingerprint density at radius 2 is 2.43 bits per heavy atom. The van der Waals surface area contributed by atoms with Crippen molar-refractivity contribution >= 4 is 15.9 Å². The lowest BCUT2D eigenvalue weighted by Crippen LogP contribution is -2.12. The Bertz CT molecular complexity index is 352. The second-order valence-corrected chi connectivity index (χ2v) is 3.80. The van der Waals surface area contributed by atoms with Gasteiger partial charge in [-0.1, -0.05) is 0 Å². The number of nitrogens with zero attached hydrogens (tertiary/aromatic N) is 1. The van der Waals surface area contributed by atoms with Crippen molar-refractivity contribution in [1.29, 1.82) is 0 Å². The maximum atomic E-state index is 5.98. The quantitative estimate of drug-likeness (QED) is 0.841. The maximum absolute atomic E-state index is 5.98. The van der Waals surface area contributed by atoms with Crippen LogP contribution in [0.1, 0.15) is 31.5 Å². The number of rotatable bonds is 3. The van der Waals surface area contributed by atoms with Crippen LogP contribution in [0.3, 0.4) is 0 Å². The molecule has 0 saturated heterocycles. The first kappa shape index (κ1) is 11.2. The lowest BCUT2D eigenvalue weighted by molar-refractivity contribution is 0.644. The minimum atomic E-state index is -0.0357. The molecule has 74 valence electrons. The number of hydrogen-bond donors (Lipinski definition) is 1. The summed E-state index contributed by atoms with van der Waals surface area (Å²) in [5.41, 5.74) is 6.88. The molecule has 14 heavy (non-hydrogen) atoms. The summed E-state index contributed by atoms with van der Waals surface area (Å²) in [5, 5.41) is 0. The van der Waals surface area contributed by atoms with Gasteiger partial charge in [0.15, 0.2) is 0 Å². The van der Waals surface area contributed by atoms with E-state index in [0.29, 0.717) is 0 Å². The van der Waals surface area contributed by atoms with Crippen LogP contribution in [0.15, 0.2) is 22.8 Å². The lowest BCUT2D eigenvalue weighted by Gasteiger charge is -2.10. The summed E-state index contributed by atoms with van der Waals surface area (Å²) in [6.45, 7) is 1.84. The summed E-state index contributed by atoms with van der Waals surface area (Å²) >= 11 is 3.43. The standard InChI is InChI=1S/C11H13BrN2/c1-2-3-4-7-10(13)11-9(12)6-5-8-14-11/h5-6,8,10H,4,7,13H2,1H3. The van der Waals surface area contributed by atoms with Crippen LogP contribution in [-0.4, -0.2) is 4.98 Å². The molecule has 2 nitrogen and oxygen atoms in total. The van der Waals surface area contributed by atoms with Crippen LogP contribution >= 0.6 is 15.9 Å². The number of nitrogens with two attached hydrogens (primary N) is 1. The highest BCUT2D eigenvalue weighted by Crippen LogP contribution is 2.21. The van der Waals surface area contributed by atoms with E-state index in [4.69, 9.17) is 5.73 Å². The van der Waals surface area contributed by atoms with E-state index in [2.05, 4.69) is 32.8 Å². The predicted molar refractivity (Wildman–Crippen MR) is 61.5 cm³/mol. The zero-order valence-corrected chi connectivity index (χ0v) is 9.71. The molecule has 0 fully saturated rings. The largest absolute Gasteiger partial charge is 0.323 e. The highest BCUT2D eigenvalue weighted by molar-refractivity contribution is 9.10. The molecule has 0 radical (unpaired) electrons. The molecule has 1 unspecified atom stereocenters. The van der Waals surface area contributed by atoms with Gasteiger partial charge in [-0.2, -0.15) is 0 Å². The van der Waals surface area contributed by atoms with Crippen LogP contribution in [-0.2, 0) is 0 Å². The fraction of sp³-hybridized carbons (Fsp3) is 0.364. The first-order valence-corrected chi connectivity index (χ1v) is 5.30. The van der Waals surface area contributed by atoms with Crippen molar-refractivity contribution in [3.05, 3.63) is 28.5 Å². The minimum absolute atomic E-state index is 0.0357. The molecule has 0 aliphatic heterocycles. The van der Waals surface area contributed by atoms with E-state index in [1.807, 2.05) is 19.1 Å². The van der Waals surface area contributed by atoms with Gasteiger partial charge in [0, 0.05) is 23.1 Å². The van der Waals surface area contributed by atoms with Crippen LogP contribution in [0, 0.1) is 11.8 Å². The zero-order chi connectivity index (χ0) is 10.4. The highest BCUT2D eigenvalue weighted by atomic mass is 79.9. The summed E-state index contributed by atoms with van der Waals surface area (Å²) in [7, 11) is 0. The van der Waals surface area contributed by atoms with Crippen LogP contribution in [0.4, 0.5) is 0 Å². The Morgan fingerprint density at radius 1 is 1.64 bits per heavy atom. The van der Waals surface area contributed by atoms with Crippen LogP contribution in [0.2, 0.25) is 0 Å². The Balaban J connectivity index is 2.63. The molecule has 0 amide bonds. The Labute approximate surface area is 93.0 Å². The topological polar surface area (TPSA) is 38.9 Å². The van der Waals surface area contributed by atoms with Crippen molar-refractivity contribution in [2.24, 2.45) is 5.73 Å². The van der Waals surface area contributed by atoms with E-state index in [0.717, 1.165) is 23.0 Å². The average Bonchev–Trinajstić information content (AvgIpc) is 2.18. The fourth-order valence-corrected chi connectivity index (χ4v) is 1.71. The zero-order valence-electron chi connectivity index (χ0n) is 8.13. The van der Waals surface area contributed by atoms with Crippen molar-refractivity contribution in [3.63, 3.8) is 0 Å². The smallest absolute Gasteiger partial charge is 0.0712 e. The Hall–Kier alpha value is -0.850. The van der Waals surface area contributed by atoms with Gasteiger partial charge in [-0.05, 0) is 41.4 Å². The molecule has 1 aromatic heterocycles. The summed E-state index contributed by atoms with van der Waals surface area (Å²) < 4.78 is 0.969. The molecule has 0 spiro atoms. The van der Waals surface area contributed by atoms with Crippen LogP contribution < -0.4 is 5.73 Å². The second kappa shape index (κ2) is 5.79.